The van der Waals surface area contributed by atoms with Crippen molar-refractivity contribution in [1.29, 1.82) is 0 Å². The number of aromatic nitrogens is 2. The van der Waals surface area contributed by atoms with Crippen molar-refractivity contribution >= 4 is 17.8 Å². The second-order valence-electron chi connectivity index (χ2n) is 7.74. The molecule has 1 unspecified atom stereocenters. The summed E-state index contributed by atoms with van der Waals surface area (Å²) in [5, 5.41) is 24.6. The predicted octanol–water partition coefficient (Wildman–Crippen LogP) is -0.645. The number of benzene rings is 1. The summed E-state index contributed by atoms with van der Waals surface area (Å²) in [6.45, 7) is 3.18. The van der Waals surface area contributed by atoms with Crippen LogP contribution in [0.2, 0.25) is 0 Å². The van der Waals surface area contributed by atoms with Gasteiger partial charge >= 0.3 is 17.6 Å². The Hall–Kier alpha value is -3.44. The van der Waals surface area contributed by atoms with Crippen LogP contribution >= 0.6 is 0 Å². The highest BCUT2D eigenvalue weighted by Gasteiger charge is 2.25. The first kappa shape index (κ1) is 25.8. The predicted molar refractivity (Wildman–Crippen MR) is 122 cm³/mol. The van der Waals surface area contributed by atoms with E-state index >= 15 is 0 Å². The minimum absolute atomic E-state index is 0.125. The van der Waals surface area contributed by atoms with Gasteiger partial charge in [0, 0.05) is 52.4 Å². The molecule has 3 rings (SSSR count). The first-order valence-corrected chi connectivity index (χ1v) is 10.5. The Morgan fingerprint density at radius 2 is 1.52 bits per heavy atom. The molecule has 11 heteroatoms. The van der Waals surface area contributed by atoms with Crippen LogP contribution in [-0.4, -0.2) is 80.1 Å². The number of anilines is 1. The summed E-state index contributed by atoms with van der Waals surface area (Å²) in [6, 6.07) is 12.0. The van der Waals surface area contributed by atoms with E-state index in [4.69, 9.17) is 19.8 Å². The summed E-state index contributed by atoms with van der Waals surface area (Å²) >= 11 is 0. The smallest absolute Gasteiger partial charge is 0.414 e. The molecule has 0 amide bonds. The van der Waals surface area contributed by atoms with Crippen LogP contribution in [0.4, 0.5) is 5.82 Å². The topological polar surface area (TPSA) is 145 Å². The van der Waals surface area contributed by atoms with E-state index < -0.39 is 11.9 Å². The molecule has 1 aromatic heterocycles. The monoisotopic (exact) mass is 462 g/mol. The maximum Gasteiger partial charge on any atom is 0.414 e. The van der Waals surface area contributed by atoms with Crippen LogP contribution < -0.4 is 16.1 Å². The van der Waals surface area contributed by atoms with Gasteiger partial charge < -0.3 is 20.2 Å². The first-order valence-electron chi connectivity index (χ1n) is 10.5. The molecule has 0 saturated carbocycles. The van der Waals surface area contributed by atoms with E-state index in [-0.39, 0.29) is 23.9 Å². The van der Waals surface area contributed by atoms with Crippen LogP contribution in [0.3, 0.4) is 0 Å². The standard InChI is InChI=1S/C20H28N4O3.C2H2O4/c1-21-18(14-19(26)22(2)20(21)27)24-12-10-23(11-13-24)17(15-25)9-8-16-6-4-3-5-7-16;3-1(4)2(5)6/h3-7,14,17,25H,8-13,15H2,1-2H3;(H,3,4)(H,5,6). The number of carboxylic acid groups (broad SMARTS) is 2. The number of aliphatic carboxylic acids is 2. The number of hydrogen-bond donors (Lipinski definition) is 3. The summed E-state index contributed by atoms with van der Waals surface area (Å²) < 4.78 is 2.64. The molecule has 180 valence electrons. The Bertz CT molecular complexity index is 1040. The third-order valence-corrected chi connectivity index (χ3v) is 5.66. The molecule has 1 aliphatic heterocycles. The van der Waals surface area contributed by atoms with Gasteiger partial charge in [-0.25, -0.2) is 14.4 Å². The van der Waals surface area contributed by atoms with Gasteiger partial charge in [-0.15, -0.1) is 0 Å². The lowest BCUT2D eigenvalue weighted by Gasteiger charge is -2.40. The van der Waals surface area contributed by atoms with Crippen LogP contribution in [0, 0.1) is 0 Å². The SMILES string of the molecule is Cn1c(N2CCN(C(CO)CCc3ccccc3)CC2)cc(=O)n(C)c1=O.O=C(O)C(=O)O. The van der Waals surface area contributed by atoms with E-state index in [1.807, 2.05) is 18.2 Å². The fourth-order valence-electron chi connectivity index (χ4n) is 3.71. The van der Waals surface area contributed by atoms with Gasteiger partial charge in [-0.05, 0) is 18.4 Å². The minimum Gasteiger partial charge on any atom is -0.473 e. The number of carboxylic acids is 2. The molecule has 0 spiro atoms. The number of aliphatic hydroxyl groups is 1. The molecule has 1 aliphatic rings. The van der Waals surface area contributed by atoms with Gasteiger partial charge in [0.05, 0.1) is 6.61 Å². The van der Waals surface area contributed by atoms with Gasteiger partial charge in [-0.1, -0.05) is 30.3 Å². The Morgan fingerprint density at radius 3 is 2.03 bits per heavy atom. The van der Waals surface area contributed by atoms with E-state index in [2.05, 4.69) is 21.9 Å². The highest BCUT2D eigenvalue weighted by atomic mass is 16.4. The van der Waals surface area contributed by atoms with Crippen molar-refractivity contribution in [2.75, 3.05) is 37.7 Å². The lowest BCUT2D eigenvalue weighted by molar-refractivity contribution is -0.159. The Morgan fingerprint density at radius 1 is 0.939 bits per heavy atom. The number of carbonyl (C=O) groups is 2. The Labute approximate surface area is 190 Å². The average molecular weight is 463 g/mol. The Kier molecular flexibility index (Phi) is 9.37. The summed E-state index contributed by atoms with van der Waals surface area (Å²) in [6.07, 6.45) is 1.85. The number of nitrogens with zero attached hydrogens (tertiary/aromatic N) is 4. The van der Waals surface area contributed by atoms with Crippen LogP contribution in [-0.2, 0) is 30.1 Å². The van der Waals surface area contributed by atoms with Crippen LogP contribution in [0.5, 0.6) is 0 Å². The number of piperazine rings is 1. The summed E-state index contributed by atoms with van der Waals surface area (Å²) in [5.74, 6) is -2.99. The van der Waals surface area contributed by atoms with Gasteiger partial charge in [0.25, 0.3) is 5.56 Å². The molecular formula is C22H30N4O7. The molecule has 1 fully saturated rings. The zero-order chi connectivity index (χ0) is 24.5. The van der Waals surface area contributed by atoms with Gasteiger partial charge in [-0.3, -0.25) is 18.8 Å². The van der Waals surface area contributed by atoms with E-state index in [0.29, 0.717) is 5.82 Å². The fraction of sp³-hybridized carbons (Fsp3) is 0.455. The van der Waals surface area contributed by atoms with Crippen molar-refractivity contribution in [2.24, 2.45) is 14.1 Å². The summed E-state index contributed by atoms with van der Waals surface area (Å²) in [5.41, 5.74) is 0.687. The second-order valence-corrected chi connectivity index (χ2v) is 7.74. The number of aliphatic hydroxyl groups excluding tert-OH is 1. The molecule has 33 heavy (non-hydrogen) atoms. The molecule has 11 nitrogen and oxygen atoms in total. The van der Waals surface area contributed by atoms with E-state index in [1.54, 1.807) is 7.05 Å². The molecule has 1 aromatic carbocycles. The first-order chi connectivity index (χ1) is 15.6. The molecule has 0 radical (unpaired) electrons. The molecule has 3 N–H and O–H groups in total. The second kappa shape index (κ2) is 12.0. The number of aryl methyl sites for hydroxylation is 1. The molecule has 0 aliphatic carbocycles. The Balaban J connectivity index is 0.000000569. The average Bonchev–Trinajstić information content (AvgIpc) is 2.82. The molecule has 1 saturated heterocycles. The maximum atomic E-state index is 12.1. The van der Waals surface area contributed by atoms with E-state index in [9.17, 15) is 14.7 Å². The number of hydrogen-bond acceptors (Lipinski definition) is 7. The van der Waals surface area contributed by atoms with Gasteiger partial charge in [0.1, 0.15) is 5.82 Å². The van der Waals surface area contributed by atoms with Gasteiger partial charge in [-0.2, -0.15) is 0 Å². The van der Waals surface area contributed by atoms with Gasteiger partial charge in [0.15, 0.2) is 0 Å². The third kappa shape index (κ3) is 7.02. The van der Waals surface area contributed by atoms with Crippen LogP contribution in [0.15, 0.2) is 46.0 Å². The van der Waals surface area contributed by atoms with Crippen molar-refractivity contribution in [3.05, 3.63) is 62.8 Å². The number of rotatable bonds is 6. The molecular weight excluding hydrogens is 432 g/mol. The highest BCUT2D eigenvalue weighted by Crippen LogP contribution is 2.16. The van der Waals surface area contributed by atoms with E-state index in [1.165, 1.54) is 23.2 Å². The maximum absolute atomic E-state index is 12.1. The van der Waals surface area contributed by atoms with Crippen molar-refractivity contribution in [3.8, 4) is 0 Å². The molecule has 0 bridgehead atoms. The lowest BCUT2D eigenvalue weighted by Crippen LogP contribution is -2.53. The van der Waals surface area contributed by atoms with E-state index in [0.717, 1.165) is 43.6 Å². The summed E-state index contributed by atoms with van der Waals surface area (Å²) in [4.78, 5) is 46.7. The van der Waals surface area contributed by atoms with Crippen LogP contribution in [0.1, 0.15) is 12.0 Å². The largest absolute Gasteiger partial charge is 0.473 e. The molecule has 1 atom stereocenters. The molecule has 2 heterocycles. The van der Waals surface area contributed by atoms with Crippen molar-refractivity contribution in [3.63, 3.8) is 0 Å². The zero-order valence-electron chi connectivity index (χ0n) is 18.8. The van der Waals surface area contributed by atoms with Crippen molar-refractivity contribution in [1.82, 2.24) is 14.0 Å². The normalized spacial score (nSPS) is 14.8. The zero-order valence-corrected chi connectivity index (χ0v) is 18.8. The van der Waals surface area contributed by atoms with Crippen molar-refractivity contribution < 1.29 is 24.9 Å². The minimum atomic E-state index is -1.82. The lowest BCUT2D eigenvalue weighted by atomic mass is 10.0. The third-order valence-electron chi connectivity index (χ3n) is 5.66. The fourth-order valence-corrected chi connectivity index (χ4v) is 3.71. The van der Waals surface area contributed by atoms with Crippen molar-refractivity contribution in [2.45, 2.75) is 18.9 Å². The highest BCUT2D eigenvalue weighted by molar-refractivity contribution is 6.27. The van der Waals surface area contributed by atoms with Gasteiger partial charge in [0.2, 0.25) is 0 Å². The summed E-state index contributed by atoms with van der Waals surface area (Å²) in [7, 11) is 3.19. The quantitative estimate of drug-likeness (QED) is 0.477. The van der Waals surface area contributed by atoms with Crippen LogP contribution in [0.25, 0.3) is 0 Å². The molecule has 2 aromatic rings.